The molecular formula is C18H16O6. The summed E-state index contributed by atoms with van der Waals surface area (Å²) < 4.78 is 10.2. The normalized spacial score (nSPS) is 11.6. The number of carbonyl (C=O) groups excluding carboxylic acids is 2. The molecule has 0 fully saturated rings. The van der Waals surface area contributed by atoms with Gasteiger partial charge in [0.15, 0.2) is 0 Å². The molecule has 1 N–H and O–H groups in total. The molecule has 2 rings (SSSR count). The second kappa shape index (κ2) is 7.92. The first-order chi connectivity index (χ1) is 11.5. The number of rotatable bonds is 6. The summed E-state index contributed by atoms with van der Waals surface area (Å²) in [6.07, 6.45) is -1.54. The molecule has 0 aliphatic heterocycles. The second-order valence-electron chi connectivity index (χ2n) is 5.04. The highest BCUT2D eigenvalue weighted by Crippen LogP contribution is 2.15. The SMILES string of the molecule is CC(C(=O)O)C(OC(=O)c1ccccc1)OC(=O)c1ccccc1. The number of aliphatic carboxylic acids is 1. The van der Waals surface area contributed by atoms with Crippen LogP contribution < -0.4 is 0 Å². The summed E-state index contributed by atoms with van der Waals surface area (Å²) in [5.41, 5.74) is 0.465. The monoisotopic (exact) mass is 328 g/mol. The van der Waals surface area contributed by atoms with E-state index in [1.165, 1.54) is 31.2 Å². The van der Waals surface area contributed by atoms with E-state index in [1.807, 2.05) is 0 Å². The third-order valence-electron chi connectivity index (χ3n) is 3.26. The highest BCUT2D eigenvalue weighted by Gasteiger charge is 2.31. The molecule has 6 nitrogen and oxygen atoms in total. The van der Waals surface area contributed by atoms with E-state index in [9.17, 15) is 14.4 Å². The van der Waals surface area contributed by atoms with Gasteiger partial charge in [0, 0.05) is 0 Å². The standard InChI is InChI=1S/C18H16O6/c1-12(15(19)20)18(23-16(21)13-8-4-2-5-9-13)24-17(22)14-10-6-3-7-11-14/h2-12,18H,1H3,(H,19,20). The minimum atomic E-state index is -1.54. The van der Waals surface area contributed by atoms with Crippen molar-refractivity contribution in [2.75, 3.05) is 0 Å². The van der Waals surface area contributed by atoms with Gasteiger partial charge in [-0.25, -0.2) is 9.59 Å². The van der Waals surface area contributed by atoms with Gasteiger partial charge in [0.25, 0.3) is 6.29 Å². The first-order valence-corrected chi connectivity index (χ1v) is 7.24. The fourth-order valence-electron chi connectivity index (χ4n) is 1.84. The van der Waals surface area contributed by atoms with Crippen LogP contribution in [0.4, 0.5) is 0 Å². The summed E-state index contributed by atoms with van der Waals surface area (Å²) >= 11 is 0. The van der Waals surface area contributed by atoms with E-state index < -0.39 is 30.1 Å². The summed E-state index contributed by atoms with van der Waals surface area (Å²) in [7, 11) is 0. The lowest BCUT2D eigenvalue weighted by molar-refractivity contribution is -0.158. The van der Waals surface area contributed by atoms with Crippen LogP contribution in [-0.4, -0.2) is 29.3 Å². The van der Waals surface area contributed by atoms with Crippen LogP contribution in [0.1, 0.15) is 27.6 Å². The molecule has 2 aromatic carbocycles. The third-order valence-corrected chi connectivity index (χ3v) is 3.26. The van der Waals surface area contributed by atoms with Gasteiger partial charge in [-0.15, -0.1) is 0 Å². The average Bonchev–Trinajstić information content (AvgIpc) is 2.61. The van der Waals surface area contributed by atoms with Gasteiger partial charge in [-0.2, -0.15) is 0 Å². The van der Waals surface area contributed by atoms with Crippen LogP contribution in [0.15, 0.2) is 60.7 Å². The predicted molar refractivity (Wildman–Crippen MR) is 84.3 cm³/mol. The van der Waals surface area contributed by atoms with Crippen molar-refractivity contribution >= 4 is 17.9 Å². The molecule has 0 spiro atoms. The molecule has 0 saturated heterocycles. The predicted octanol–water partition coefficient (Wildman–Crippen LogP) is 2.75. The van der Waals surface area contributed by atoms with Crippen LogP contribution in [0.25, 0.3) is 0 Å². The number of ether oxygens (including phenoxy) is 2. The Kier molecular flexibility index (Phi) is 5.68. The lowest BCUT2D eigenvalue weighted by Crippen LogP contribution is -2.34. The smallest absolute Gasteiger partial charge is 0.341 e. The Hall–Kier alpha value is -3.15. The topological polar surface area (TPSA) is 89.9 Å². The molecule has 24 heavy (non-hydrogen) atoms. The molecule has 1 atom stereocenters. The number of hydrogen-bond acceptors (Lipinski definition) is 5. The Morgan fingerprint density at radius 3 is 1.50 bits per heavy atom. The van der Waals surface area contributed by atoms with Gasteiger partial charge >= 0.3 is 17.9 Å². The quantitative estimate of drug-likeness (QED) is 0.648. The van der Waals surface area contributed by atoms with E-state index in [2.05, 4.69) is 0 Å². The van der Waals surface area contributed by atoms with Gasteiger partial charge in [-0.1, -0.05) is 36.4 Å². The Morgan fingerprint density at radius 1 is 0.792 bits per heavy atom. The van der Waals surface area contributed by atoms with Crippen molar-refractivity contribution in [3.63, 3.8) is 0 Å². The van der Waals surface area contributed by atoms with Crippen molar-refractivity contribution in [3.05, 3.63) is 71.8 Å². The Bertz CT molecular complexity index is 657. The molecule has 0 aliphatic carbocycles. The maximum atomic E-state index is 12.1. The van der Waals surface area contributed by atoms with Crippen LogP contribution in [0, 0.1) is 5.92 Å². The van der Waals surface area contributed by atoms with E-state index in [1.54, 1.807) is 36.4 Å². The lowest BCUT2D eigenvalue weighted by atomic mass is 10.1. The molecule has 0 heterocycles. The van der Waals surface area contributed by atoms with Crippen molar-refractivity contribution in [3.8, 4) is 0 Å². The van der Waals surface area contributed by atoms with E-state index >= 15 is 0 Å². The summed E-state index contributed by atoms with van der Waals surface area (Å²) in [6.45, 7) is 1.30. The summed E-state index contributed by atoms with van der Waals surface area (Å²) in [5.74, 6) is -4.00. The molecule has 6 heteroatoms. The summed E-state index contributed by atoms with van der Waals surface area (Å²) in [4.78, 5) is 35.4. The van der Waals surface area contributed by atoms with E-state index in [0.717, 1.165) is 0 Å². The molecule has 0 radical (unpaired) electrons. The number of benzene rings is 2. The first-order valence-electron chi connectivity index (χ1n) is 7.24. The summed E-state index contributed by atoms with van der Waals surface area (Å²) in [6, 6.07) is 16.1. The molecule has 0 saturated carbocycles. The molecule has 0 aromatic heterocycles. The van der Waals surface area contributed by atoms with Crippen LogP contribution in [0.2, 0.25) is 0 Å². The number of carbonyl (C=O) groups is 3. The Morgan fingerprint density at radius 2 is 1.17 bits per heavy atom. The Labute approximate surface area is 138 Å². The van der Waals surface area contributed by atoms with Crippen molar-refractivity contribution in [2.24, 2.45) is 5.92 Å². The fourth-order valence-corrected chi connectivity index (χ4v) is 1.84. The molecule has 0 amide bonds. The number of carboxylic acids is 1. The highest BCUT2D eigenvalue weighted by atomic mass is 16.7. The third kappa shape index (κ3) is 4.42. The van der Waals surface area contributed by atoms with E-state index in [4.69, 9.17) is 14.6 Å². The van der Waals surface area contributed by atoms with Gasteiger partial charge in [-0.05, 0) is 31.2 Å². The van der Waals surface area contributed by atoms with Gasteiger partial charge in [-0.3, -0.25) is 4.79 Å². The van der Waals surface area contributed by atoms with Crippen LogP contribution in [0.5, 0.6) is 0 Å². The molecule has 0 aliphatic rings. The zero-order chi connectivity index (χ0) is 17.5. The second-order valence-corrected chi connectivity index (χ2v) is 5.04. The van der Waals surface area contributed by atoms with Gasteiger partial charge in [0.2, 0.25) is 0 Å². The number of hydrogen-bond donors (Lipinski definition) is 1. The largest absolute Gasteiger partial charge is 0.481 e. The van der Waals surface area contributed by atoms with Crippen molar-refractivity contribution in [2.45, 2.75) is 13.2 Å². The molecule has 124 valence electrons. The number of esters is 2. The van der Waals surface area contributed by atoms with Crippen LogP contribution >= 0.6 is 0 Å². The van der Waals surface area contributed by atoms with Gasteiger partial charge < -0.3 is 14.6 Å². The Balaban J connectivity index is 2.14. The zero-order valence-electron chi connectivity index (χ0n) is 12.9. The van der Waals surface area contributed by atoms with Crippen molar-refractivity contribution < 1.29 is 29.0 Å². The molecule has 1 unspecified atom stereocenters. The van der Waals surface area contributed by atoms with Crippen molar-refractivity contribution in [1.29, 1.82) is 0 Å². The fraction of sp³-hybridized carbons (Fsp3) is 0.167. The maximum absolute atomic E-state index is 12.1. The minimum Gasteiger partial charge on any atom is -0.481 e. The number of carboxylic acid groups (broad SMARTS) is 1. The molecule has 2 aromatic rings. The first kappa shape index (κ1) is 17.2. The molecule has 0 bridgehead atoms. The lowest BCUT2D eigenvalue weighted by Gasteiger charge is -2.21. The van der Waals surface area contributed by atoms with Gasteiger partial charge in [0.05, 0.1) is 11.1 Å². The zero-order valence-corrected chi connectivity index (χ0v) is 12.9. The van der Waals surface area contributed by atoms with E-state index in [0.29, 0.717) is 0 Å². The van der Waals surface area contributed by atoms with Crippen molar-refractivity contribution in [1.82, 2.24) is 0 Å². The average molecular weight is 328 g/mol. The van der Waals surface area contributed by atoms with Crippen LogP contribution in [0.3, 0.4) is 0 Å². The highest BCUT2D eigenvalue weighted by molar-refractivity contribution is 5.91. The van der Waals surface area contributed by atoms with Gasteiger partial charge in [0.1, 0.15) is 5.92 Å². The maximum Gasteiger partial charge on any atom is 0.341 e. The summed E-state index contributed by atoms with van der Waals surface area (Å²) in [5, 5.41) is 9.14. The van der Waals surface area contributed by atoms with E-state index in [-0.39, 0.29) is 11.1 Å². The van der Waals surface area contributed by atoms with Crippen LogP contribution in [-0.2, 0) is 14.3 Å². The minimum absolute atomic E-state index is 0.232. The molecular weight excluding hydrogens is 312 g/mol.